The van der Waals surface area contributed by atoms with Gasteiger partial charge in [0, 0.05) is 56.8 Å². The number of pyridine rings is 1. The van der Waals surface area contributed by atoms with Crippen LogP contribution in [0.4, 0.5) is 0 Å². The number of nitrogens with one attached hydrogen (secondary N) is 1. The van der Waals surface area contributed by atoms with Crippen LogP contribution in [-0.4, -0.2) is 70.8 Å². The molecule has 0 unspecified atom stereocenters. The molecule has 1 aliphatic heterocycles. The first-order valence-electron chi connectivity index (χ1n) is 8.81. The number of aliphatic carboxylic acids is 1. The van der Waals surface area contributed by atoms with Gasteiger partial charge in [-0.25, -0.2) is 13.4 Å². The van der Waals surface area contributed by atoms with E-state index in [4.69, 9.17) is 5.11 Å². The number of rotatable bonds is 7. The number of unbranched alkanes of at least 4 members (excludes halogenated alkanes) is 1. The van der Waals surface area contributed by atoms with E-state index >= 15 is 0 Å². The summed E-state index contributed by atoms with van der Waals surface area (Å²) in [5.74, 6) is -0.928. The minimum Gasteiger partial charge on any atom is -0.481 e. The molecule has 2 aromatic heterocycles. The first-order chi connectivity index (χ1) is 12.9. The zero-order chi connectivity index (χ0) is 19.4. The monoisotopic (exact) mass is 394 g/mol. The van der Waals surface area contributed by atoms with Crippen LogP contribution in [0.3, 0.4) is 0 Å². The minimum atomic E-state index is -3.67. The van der Waals surface area contributed by atoms with E-state index in [1.165, 1.54) is 10.5 Å². The second-order valence-corrected chi connectivity index (χ2v) is 8.34. The number of carboxylic acid groups (broad SMARTS) is 1. The molecule has 0 aromatic carbocycles. The van der Waals surface area contributed by atoms with E-state index in [1.807, 2.05) is 0 Å². The molecule has 27 heavy (non-hydrogen) atoms. The van der Waals surface area contributed by atoms with Crippen molar-refractivity contribution in [2.24, 2.45) is 0 Å². The molecule has 10 heteroatoms. The molecule has 2 aromatic rings. The third kappa shape index (κ3) is 4.28. The SMILES string of the molecule is O=C(O)CCCCC(=O)N1CCN(S(=O)(=O)c2c[nH]c3ncccc23)CC1. The van der Waals surface area contributed by atoms with Crippen LogP contribution in [0.2, 0.25) is 0 Å². The fraction of sp³-hybridized carbons (Fsp3) is 0.471. The second-order valence-electron chi connectivity index (χ2n) is 6.44. The van der Waals surface area contributed by atoms with E-state index in [0.29, 0.717) is 37.0 Å². The summed E-state index contributed by atoms with van der Waals surface area (Å²) in [6.45, 7) is 1.13. The van der Waals surface area contributed by atoms with Gasteiger partial charge in [-0.1, -0.05) is 0 Å². The van der Waals surface area contributed by atoms with Gasteiger partial charge in [0.05, 0.1) is 0 Å². The molecule has 1 saturated heterocycles. The highest BCUT2D eigenvalue weighted by Crippen LogP contribution is 2.25. The Bertz CT molecular complexity index is 932. The lowest BCUT2D eigenvalue weighted by Crippen LogP contribution is -2.50. The highest BCUT2D eigenvalue weighted by molar-refractivity contribution is 7.89. The molecular weight excluding hydrogens is 372 g/mol. The molecule has 0 radical (unpaired) electrons. The summed E-state index contributed by atoms with van der Waals surface area (Å²) in [4.78, 5) is 31.5. The highest BCUT2D eigenvalue weighted by Gasteiger charge is 2.31. The van der Waals surface area contributed by atoms with Gasteiger partial charge in [0.15, 0.2) is 0 Å². The molecule has 3 heterocycles. The number of amides is 1. The van der Waals surface area contributed by atoms with Gasteiger partial charge in [0.1, 0.15) is 10.5 Å². The lowest BCUT2D eigenvalue weighted by molar-refractivity contribution is -0.137. The predicted molar refractivity (Wildman–Crippen MR) is 97.5 cm³/mol. The number of hydrogen-bond acceptors (Lipinski definition) is 5. The van der Waals surface area contributed by atoms with Gasteiger partial charge in [-0.15, -0.1) is 0 Å². The Morgan fingerprint density at radius 3 is 2.56 bits per heavy atom. The Morgan fingerprint density at radius 2 is 1.85 bits per heavy atom. The third-order valence-corrected chi connectivity index (χ3v) is 6.59. The van der Waals surface area contributed by atoms with Gasteiger partial charge < -0.3 is 15.0 Å². The van der Waals surface area contributed by atoms with Crippen LogP contribution in [0.25, 0.3) is 11.0 Å². The van der Waals surface area contributed by atoms with Gasteiger partial charge in [0.25, 0.3) is 0 Å². The summed E-state index contributed by atoms with van der Waals surface area (Å²) in [5, 5.41) is 9.16. The molecule has 0 saturated carbocycles. The molecule has 1 amide bonds. The van der Waals surface area contributed by atoms with Crippen LogP contribution in [0.1, 0.15) is 25.7 Å². The summed E-state index contributed by atoms with van der Waals surface area (Å²) in [7, 11) is -3.67. The Hall–Kier alpha value is -2.46. The molecular formula is C17H22N4O5S. The van der Waals surface area contributed by atoms with Crippen molar-refractivity contribution in [2.45, 2.75) is 30.6 Å². The zero-order valence-electron chi connectivity index (χ0n) is 14.8. The number of aromatic nitrogens is 2. The number of H-pyrrole nitrogens is 1. The average Bonchev–Trinajstić information content (AvgIpc) is 3.10. The van der Waals surface area contributed by atoms with Crippen LogP contribution in [0.5, 0.6) is 0 Å². The van der Waals surface area contributed by atoms with E-state index in [2.05, 4.69) is 9.97 Å². The number of piperazine rings is 1. The standard InChI is InChI=1S/C17H22N4O5S/c22-15(5-1-2-6-16(23)24)20-8-10-21(11-9-20)27(25,26)14-12-19-17-13(14)4-3-7-18-17/h3-4,7,12H,1-2,5-6,8-11H2,(H,18,19)(H,23,24). The first kappa shape index (κ1) is 19.3. The molecule has 0 aliphatic carbocycles. The summed E-state index contributed by atoms with van der Waals surface area (Å²) >= 11 is 0. The van der Waals surface area contributed by atoms with Crippen LogP contribution >= 0.6 is 0 Å². The Morgan fingerprint density at radius 1 is 1.15 bits per heavy atom. The lowest BCUT2D eigenvalue weighted by atomic mass is 10.1. The van der Waals surface area contributed by atoms with Crippen LogP contribution in [0, 0.1) is 0 Å². The van der Waals surface area contributed by atoms with Crippen molar-refractivity contribution in [1.82, 2.24) is 19.2 Å². The van der Waals surface area contributed by atoms with Crippen molar-refractivity contribution in [2.75, 3.05) is 26.2 Å². The molecule has 1 aliphatic rings. The number of fused-ring (bicyclic) bond motifs is 1. The second kappa shape index (κ2) is 8.05. The van der Waals surface area contributed by atoms with E-state index in [0.717, 1.165) is 0 Å². The van der Waals surface area contributed by atoms with E-state index in [-0.39, 0.29) is 36.7 Å². The maximum absolute atomic E-state index is 12.9. The minimum absolute atomic E-state index is 0.0543. The van der Waals surface area contributed by atoms with Gasteiger partial charge in [-0.05, 0) is 25.0 Å². The molecule has 0 atom stereocenters. The number of carboxylic acids is 1. The fourth-order valence-electron chi connectivity index (χ4n) is 3.17. The lowest BCUT2D eigenvalue weighted by Gasteiger charge is -2.34. The number of hydrogen-bond donors (Lipinski definition) is 2. The maximum Gasteiger partial charge on any atom is 0.303 e. The average molecular weight is 394 g/mol. The summed E-state index contributed by atoms with van der Waals surface area (Å²) < 4.78 is 27.3. The Balaban J connectivity index is 1.58. The summed E-state index contributed by atoms with van der Waals surface area (Å²) in [6, 6.07) is 3.40. The van der Waals surface area contributed by atoms with Crippen molar-refractivity contribution in [3.63, 3.8) is 0 Å². The highest BCUT2D eigenvalue weighted by atomic mass is 32.2. The quantitative estimate of drug-likeness (QED) is 0.676. The summed E-state index contributed by atoms with van der Waals surface area (Å²) in [6.07, 6.45) is 4.37. The number of aromatic amines is 1. The first-order valence-corrected chi connectivity index (χ1v) is 10.3. The summed E-state index contributed by atoms with van der Waals surface area (Å²) in [5.41, 5.74) is 0.520. The van der Waals surface area contributed by atoms with Crippen molar-refractivity contribution in [1.29, 1.82) is 0 Å². The Labute approximate surface area is 157 Å². The molecule has 9 nitrogen and oxygen atoms in total. The number of carbonyl (C=O) groups excluding carboxylic acids is 1. The largest absolute Gasteiger partial charge is 0.481 e. The van der Waals surface area contributed by atoms with E-state index in [9.17, 15) is 18.0 Å². The number of nitrogens with zero attached hydrogens (tertiary/aromatic N) is 3. The third-order valence-electron chi connectivity index (χ3n) is 4.65. The van der Waals surface area contributed by atoms with Gasteiger partial charge >= 0.3 is 5.97 Å². The van der Waals surface area contributed by atoms with Crippen molar-refractivity contribution < 1.29 is 23.1 Å². The fourth-order valence-corrected chi connectivity index (χ4v) is 4.74. The normalized spacial score (nSPS) is 15.9. The van der Waals surface area contributed by atoms with Gasteiger partial charge in [-0.3, -0.25) is 9.59 Å². The van der Waals surface area contributed by atoms with Crippen LogP contribution in [0.15, 0.2) is 29.4 Å². The topological polar surface area (TPSA) is 124 Å². The number of carbonyl (C=O) groups is 2. The van der Waals surface area contributed by atoms with Gasteiger partial charge in [0.2, 0.25) is 15.9 Å². The molecule has 0 spiro atoms. The van der Waals surface area contributed by atoms with Crippen LogP contribution in [-0.2, 0) is 19.6 Å². The molecule has 2 N–H and O–H groups in total. The zero-order valence-corrected chi connectivity index (χ0v) is 15.6. The number of sulfonamides is 1. The maximum atomic E-state index is 12.9. The van der Waals surface area contributed by atoms with Crippen molar-refractivity contribution >= 4 is 32.9 Å². The molecule has 146 valence electrons. The molecule has 1 fully saturated rings. The van der Waals surface area contributed by atoms with Crippen molar-refractivity contribution in [3.05, 3.63) is 24.5 Å². The van der Waals surface area contributed by atoms with Crippen molar-refractivity contribution in [3.8, 4) is 0 Å². The van der Waals surface area contributed by atoms with Crippen LogP contribution < -0.4 is 0 Å². The Kier molecular flexibility index (Phi) is 5.76. The predicted octanol–water partition coefficient (Wildman–Crippen LogP) is 1.04. The van der Waals surface area contributed by atoms with E-state index < -0.39 is 16.0 Å². The molecule has 0 bridgehead atoms. The molecule has 3 rings (SSSR count). The van der Waals surface area contributed by atoms with Gasteiger partial charge in [-0.2, -0.15) is 4.31 Å². The van der Waals surface area contributed by atoms with E-state index in [1.54, 1.807) is 23.2 Å². The smallest absolute Gasteiger partial charge is 0.303 e.